The van der Waals surface area contributed by atoms with Gasteiger partial charge in [-0.25, -0.2) is 4.79 Å². The van der Waals surface area contributed by atoms with E-state index in [0.29, 0.717) is 0 Å². The molecule has 24 heavy (non-hydrogen) atoms. The van der Waals surface area contributed by atoms with Crippen LogP contribution in [-0.2, 0) is 6.42 Å². The maximum absolute atomic E-state index is 12.5. The molecule has 1 aliphatic heterocycles. The lowest BCUT2D eigenvalue weighted by Gasteiger charge is -2.37. The Hall–Kier alpha value is -2.49. The van der Waals surface area contributed by atoms with Crippen LogP contribution in [0.2, 0.25) is 0 Å². The summed E-state index contributed by atoms with van der Waals surface area (Å²) in [5, 5.41) is 3.03. The summed E-state index contributed by atoms with van der Waals surface area (Å²) in [4.78, 5) is 16.8. The van der Waals surface area contributed by atoms with Gasteiger partial charge in [-0.05, 0) is 36.6 Å². The fourth-order valence-corrected chi connectivity index (χ4v) is 3.18. The van der Waals surface area contributed by atoms with Crippen LogP contribution < -0.4 is 10.2 Å². The smallest absolute Gasteiger partial charge is 0.321 e. The van der Waals surface area contributed by atoms with E-state index < -0.39 is 0 Å². The third-order valence-corrected chi connectivity index (χ3v) is 4.67. The molecule has 0 aliphatic carbocycles. The van der Waals surface area contributed by atoms with Crippen LogP contribution in [-0.4, -0.2) is 37.1 Å². The highest BCUT2D eigenvalue weighted by atomic mass is 16.2. The van der Waals surface area contributed by atoms with Gasteiger partial charge in [0.1, 0.15) is 0 Å². The summed E-state index contributed by atoms with van der Waals surface area (Å²) in [5.74, 6) is 0. The van der Waals surface area contributed by atoms with Crippen LogP contribution in [0.5, 0.6) is 0 Å². The Morgan fingerprint density at radius 1 is 1.00 bits per heavy atom. The van der Waals surface area contributed by atoms with Crippen LogP contribution >= 0.6 is 0 Å². The molecule has 126 valence electrons. The highest BCUT2D eigenvalue weighted by molar-refractivity contribution is 5.90. The van der Waals surface area contributed by atoms with E-state index in [9.17, 15) is 4.79 Å². The van der Waals surface area contributed by atoms with E-state index in [-0.39, 0.29) is 6.03 Å². The molecule has 4 heteroatoms. The first-order chi connectivity index (χ1) is 11.7. The molecule has 0 radical (unpaired) electrons. The molecule has 0 aromatic heterocycles. The van der Waals surface area contributed by atoms with E-state index in [4.69, 9.17) is 0 Å². The Morgan fingerprint density at radius 2 is 1.67 bits per heavy atom. The van der Waals surface area contributed by atoms with Crippen molar-refractivity contribution in [1.29, 1.82) is 0 Å². The highest BCUT2D eigenvalue weighted by Gasteiger charge is 2.22. The summed E-state index contributed by atoms with van der Waals surface area (Å²) in [7, 11) is 0. The molecule has 1 saturated heterocycles. The van der Waals surface area contributed by atoms with Gasteiger partial charge in [0.15, 0.2) is 0 Å². The first-order valence-electron chi connectivity index (χ1n) is 8.63. The number of para-hydroxylation sites is 2. The van der Waals surface area contributed by atoms with Crippen LogP contribution in [0, 0.1) is 6.92 Å². The van der Waals surface area contributed by atoms with Crippen molar-refractivity contribution in [3.05, 3.63) is 59.7 Å². The second-order valence-electron chi connectivity index (χ2n) is 6.20. The Kier molecular flexibility index (Phi) is 5.04. The molecule has 0 spiro atoms. The Balaban J connectivity index is 1.61. The van der Waals surface area contributed by atoms with Gasteiger partial charge in [0.25, 0.3) is 0 Å². The monoisotopic (exact) mass is 323 g/mol. The van der Waals surface area contributed by atoms with Gasteiger partial charge in [0, 0.05) is 37.6 Å². The maximum Gasteiger partial charge on any atom is 0.321 e. The number of carbonyl (C=O) groups excluding carboxylic acids is 1. The fourth-order valence-electron chi connectivity index (χ4n) is 3.18. The van der Waals surface area contributed by atoms with Crippen molar-refractivity contribution >= 4 is 17.4 Å². The summed E-state index contributed by atoms with van der Waals surface area (Å²) in [6, 6.07) is 16.4. The van der Waals surface area contributed by atoms with Crippen molar-refractivity contribution in [2.75, 3.05) is 36.4 Å². The summed E-state index contributed by atoms with van der Waals surface area (Å²) in [6.07, 6.45) is 1.03. The number of nitrogens with one attached hydrogen (secondary N) is 1. The SMILES string of the molecule is CCc1ccccc1N1CCN(C(=O)Nc2ccccc2C)CC1. The van der Waals surface area contributed by atoms with E-state index in [0.717, 1.165) is 43.9 Å². The normalized spacial score (nSPS) is 14.6. The number of aryl methyl sites for hydroxylation is 2. The van der Waals surface area contributed by atoms with Crippen LogP contribution in [0.25, 0.3) is 0 Å². The quantitative estimate of drug-likeness (QED) is 0.929. The summed E-state index contributed by atoms with van der Waals surface area (Å²) in [6.45, 7) is 7.43. The van der Waals surface area contributed by atoms with E-state index in [1.54, 1.807) is 0 Å². The minimum atomic E-state index is -0.00673. The Labute approximate surface area is 144 Å². The van der Waals surface area contributed by atoms with Gasteiger partial charge >= 0.3 is 6.03 Å². The van der Waals surface area contributed by atoms with Crippen molar-refractivity contribution in [2.45, 2.75) is 20.3 Å². The molecule has 2 aromatic carbocycles. The average Bonchev–Trinajstić information content (AvgIpc) is 2.63. The van der Waals surface area contributed by atoms with Gasteiger partial charge in [-0.3, -0.25) is 0 Å². The van der Waals surface area contributed by atoms with E-state index in [2.05, 4.69) is 41.4 Å². The summed E-state index contributed by atoms with van der Waals surface area (Å²) in [5.41, 5.74) is 4.65. The zero-order chi connectivity index (χ0) is 16.9. The average molecular weight is 323 g/mol. The van der Waals surface area contributed by atoms with Gasteiger partial charge < -0.3 is 15.1 Å². The summed E-state index contributed by atoms with van der Waals surface area (Å²) < 4.78 is 0. The molecule has 2 amide bonds. The number of amides is 2. The highest BCUT2D eigenvalue weighted by Crippen LogP contribution is 2.22. The molecule has 4 nitrogen and oxygen atoms in total. The van der Waals surface area contributed by atoms with E-state index >= 15 is 0 Å². The third-order valence-electron chi connectivity index (χ3n) is 4.67. The molecule has 1 N–H and O–H groups in total. The zero-order valence-corrected chi connectivity index (χ0v) is 14.5. The second-order valence-corrected chi connectivity index (χ2v) is 6.20. The minimum Gasteiger partial charge on any atom is -0.368 e. The predicted octanol–water partition coefficient (Wildman–Crippen LogP) is 3.91. The Bertz CT molecular complexity index is 706. The molecule has 1 fully saturated rings. The zero-order valence-electron chi connectivity index (χ0n) is 14.5. The van der Waals surface area contributed by atoms with Crippen molar-refractivity contribution in [1.82, 2.24) is 4.90 Å². The van der Waals surface area contributed by atoms with Crippen molar-refractivity contribution in [3.8, 4) is 0 Å². The molecular formula is C20H25N3O. The van der Waals surface area contributed by atoms with Crippen LogP contribution in [0.15, 0.2) is 48.5 Å². The molecule has 0 saturated carbocycles. The lowest BCUT2D eigenvalue weighted by Crippen LogP contribution is -2.50. The molecule has 2 aromatic rings. The number of piperazine rings is 1. The molecule has 1 aliphatic rings. The number of nitrogens with zero attached hydrogens (tertiary/aromatic N) is 2. The molecule has 0 unspecified atom stereocenters. The van der Waals surface area contributed by atoms with Gasteiger partial charge in [-0.15, -0.1) is 0 Å². The van der Waals surface area contributed by atoms with Gasteiger partial charge in [-0.2, -0.15) is 0 Å². The largest absolute Gasteiger partial charge is 0.368 e. The van der Waals surface area contributed by atoms with Gasteiger partial charge in [-0.1, -0.05) is 43.3 Å². The molecule has 1 heterocycles. The number of carbonyl (C=O) groups is 1. The number of anilines is 2. The van der Waals surface area contributed by atoms with Crippen LogP contribution in [0.1, 0.15) is 18.1 Å². The maximum atomic E-state index is 12.5. The van der Waals surface area contributed by atoms with Crippen LogP contribution in [0.3, 0.4) is 0 Å². The first-order valence-corrected chi connectivity index (χ1v) is 8.63. The topological polar surface area (TPSA) is 35.6 Å². The van der Waals surface area contributed by atoms with Crippen LogP contribution in [0.4, 0.5) is 16.2 Å². The first kappa shape index (κ1) is 16.4. The van der Waals surface area contributed by atoms with Crippen molar-refractivity contribution in [3.63, 3.8) is 0 Å². The second kappa shape index (κ2) is 7.39. The molecular weight excluding hydrogens is 298 g/mol. The van der Waals surface area contributed by atoms with Crippen molar-refractivity contribution in [2.24, 2.45) is 0 Å². The third kappa shape index (κ3) is 3.53. The molecule has 0 atom stereocenters. The van der Waals surface area contributed by atoms with Crippen molar-refractivity contribution < 1.29 is 4.79 Å². The minimum absolute atomic E-state index is 0.00673. The molecule has 0 bridgehead atoms. The number of hydrogen-bond donors (Lipinski definition) is 1. The lowest BCUT2D eigenvalue weighted by molar-refractivity contribution is 0.208. The number of benzene rings is 2. The number of hydrogen-bond acceptors (Lipinski definition) is 2. The fraction of sp³-hybridized carbons (Fsp3) is 0.350. The van der Waals surface area contributed by atoms with Gasteiger partial charge in [0.05, 0.1) is 0 Å². The lowest BCUT2D eigenvalue weighted by atomic mass is 10.1. The summed E-state index contributed by atoms with van der Waals surface area (Å²) >= 11 is 0. The predicted molar refractivity (Wildman–Crippen MR) is 99.8 cm³/mol. The number of rotatable bonds is 3. The van der Waals surface area contributed by atoms with Gasteiger partial charge in [0.2, 0.25) is 0 Å². The van der Waals surface area contributed by atoms with E-state index in [1.807, 2.05) is 36.1 Å². The van der Waals surface area contributed by atoms with E-state index in [1.165, 1.54) is 11.3 Å². The molecule has 3 rings (SSSR count). The Morgan fingerprint density at radius 3 is 2.38 bits per heavy atom. The standard InChI is InChI=1S/C20H25N3O/c1-3-17-9-5-7-11-19(17)22-12-14-23(15-13-22)20(24)21-18-10-6-4-8-16(18)2/h4-11H,3,12-15H2,1-2H3,(H,21,24). The number of urea groups is 1.